The number of ether oxygens (including phenoxy) is 2. The molecule has 1 saturated heterocycles. The summed E-state index contributed by atoms with van der Waals surface area (Å²) in [5.74, 6) is 0.0759. The van der Waals surface area contributed by atoms with Crippen LogP contribution in [-0.2, 0) is 22.7 Å². The molecule has 1 aromatic rings. The van der Waals surface area contributed by atoms with Crippen molar-refractivity contribution in [3.8, 4) is 0 Å². The molecule has 0 bridgehead atoms. The van der Waals surface area contributed by atoms with Crippen molar-refractivity contribution in [1.29, 1.82) is 0 Å². The minimum atomic E-state index is -0.313. The van der Waals surface area contributed by atoms with Crippen molar-refractivity contribution in [2.45, 2.75) is 38.8 Å². The highest BCUT2D eigenvalue weighted by atomic mass is 79.9. The molecule has 2 aliphatic heterocycles. The Labute approximate surface area is 133 Å². The van der Waals surface area contributed by atoms with Crippen molar-refractivity contribution in [3.63, 3.8) is 0 Å². The minimum Gasteiger partial charge on any atom is -0.372 e. The Morgan fingerprint density at radius 3 is 2.90 bits per heavy atom. The van der Waals surface area contributed by atoms with Gasteiger partial charge in [0.05, 0.1) is 24.9 Å². The zero-order valence-electron chi connectivity index (χ0n) is 12.4. The summed E-state index contributed by atoms with van der Waals surface area (Å²) in [5.41, 5.74) is 2.74. The van der Waals surface area contributed by atoms with E-state index in [1.54, 1.807) is 0 Å². The lowest BCUT2D eigenvalue weighted by molar-refractivity contribution is -0.116. The second kappa shape index (κ2) is 5.71. The molecule has 114 valence electrons. The third-order valence-electron chi connectivity index (χ3n) is 3.91. The van der Waals surface area contributed by atoms with Crippen LogP contribution < -0.4 is 0 Å². The van der Waals surface area contributed by atoms with Gasteiger partial charge in [-0.3, -0.25) is 4.79 Å². The number of benzene rings is 1. The van der Waals surface area contributed by atoms with Gasteiger partial charge in [0.2, 0.25) is 0 Å². The molecular weight excluding hydrogens is 334 g/mol. The van der Waals surface area contributed by atoms with E-state index in [4.69, 9.17) is 9.47 Å². The predicted octanol–water partition coefficient (Wildman–Crippen LogP) is 2.73. The first kappa shape index (κ1) is 15.0. The molecule has 1 atom stereocenters. The van der Waals surface area contributed by atoms with Crippen molar-refractivity contribution < 1.29 is 14.3 Å². The van der Waals surface area contributed by atoms with Gasteiger partial charge in [0.25, 0.3) is 5.91 Å². The van der Waals surface area contributed by atoms with E-state index in [-0.39, 0.29) is 17.6 Å². The molecule has 2 heterocycles. The van der Waals surface area contributed by atoms with E-state index in [1.165, 1.54) is 5.56 Å². The molecule has 3 rings (SSSR count). The number of rotatable bonds is 2. The van der Waals surface area contributed by atoms with Gasteiger partial charge in [-0.05, 0) is 37.1 Å². The monoisotopic (exact) mass is 353 g/mol. The van der Waals surface area contributed by atoms with E-state index in [0.29, 0.717) is 26.3 Å². The third-order valence-corrected chi connectivity index (χ3v) is 4.63. The Kier molecular flexibility index (Phi) is 4.08. The highest BCUT2D eigenvalue weighted by Gasteiger charge is 2.35. The van der Waals surface area contributed by atoms with Crippen LogP contribution in [0.25, 0.3) is 0 Å². The lowest BCUT2D eigenvalue weighted by Gasteiger charge is -2.42. The number of carbonyl (C=O) groups excluding carboxylic acids is 1. The molecule has 1 amide bonds. The van der Waals surface area contributed by atoms with Gasteiger partial charge in [0, 0.05) is 24.0 Å². The molecule has 0 aliphatic carbocycles. The number of fused-ring (bicyclic) bond motifs is 1. The Balaban J connectivity index is 1.81. The molecule has 0 aromatic heterocycles. The molecule has 2 aliphatic rings. The van der Waals surface area contributed by atoms with Crippen LogP contribution in [0.1, 0.15) is 35.3 Å². The molecule has 5 heteroatoms. The van der Waals surface area contributed by atoms with Crippen molar-refractivity contribution in [1.82, 2.24) is 4.90 Å². The molecule has 4 nitrogen and oxygen atoms in total. The molecular formula is C16H20BrNO3. The molecule has 21 heavy (non-hydrogen) atoms. The standard InChI is InChI=1S/C16H20BrNO3/c1-16(2)10-18(7-14(6-17)21-16)15(19)11-3-4-12-8-20-9-13(12)5-11/h3-5,14H,6-10H2,1-2H3. The number of morpholine rings is 1. The summed E-state index contributed by atoms with van der Waals surface area (Å²) in [6.45, 7) is 6.55. The number of amides is 1. The van der Waals surface area contributed by atoms with Gasteiger partial charge in [0.1, 0.15) is 0 Å². The van der Waals surface area contributed by atoms with Crippen LogP contribution in [0.2, 0.25) is 0 Å². The normalized spacial score (nSPS) is 24.0. The maximum atomic E-state index is 12.8. The fourth-order valence-corrected chi connectivity index (χ4v) is 3.36. The maximum absolute atomic E-state index is 12.8. The van der Waals surface area contributed by atoms with Crippen LogP contribution in [0.4, 0.5) is 0 Å². The van der Waals surface area contributed by atoms with Crippen molar-refractivity contribution >= 4 is 21.8 Å². The van der Waals surface area contributed by atoms with E-state index < -0.39 is 0 Å². The van der Waals surface area contributed by atoms with Crippen LogP contribution in [-0.4, -0.2) is 40.9 Å². The van der Waals surface area contributed by atoms with Gasteiger partial charge in [-0.25, -0.2) is 0 Å². The molecule has 0 saturated carbocycles. The van der Waals surface area contributed by atoms with Gasteiger partial charge in [-0.2, -0.15) is 0 Å². The van der Waals surface area contributed by atoms with E-state index in [1.807, 2.05) is 36.9 Å². The highest BCUT2D eigenvalue weighted by molar-refractivity contribution is 9.09. The number of alkyl halides is 1. The number of hydrogen-bond acceptors (Lipinski definition) is 3. The Morgan fingerprint density at radius 2 is 2.14 bits per heavy atom. The summed E-state index contributed by atoms with van der Waals surface area (Å²) in [4.78, 5) is 14.7. The SMILES string of the molecule is CC1(C)CN(C(=O)c2ccc3c(c2)COC3)CC(CBr)O1. The summed E-state index contributed by atoms with van der Waals surface area (Å²) in [6.07, 6.45) is 0.0375. The second-order valence-corrected chi connectivity index (χ2v) is 6.96. The highest BCUT2D eigenvalue weighted by Crippen LogP contribution is 2.25. The van der Waals surface area contributed by atoms with Gasteiger partial charge in [-0.15, -0.1) is 0 Å². The Morgan fingerprint density at radius 1 is 1.38 bits per heavy atom. The molecule has 0 N–H and O–H groups in total. The maximum Gasteiger partial charge on any atom is 0.254 e. The zero-order valence-corrected chi connectivity index (χ0v) is 14.0. The van der Waals surface area contributed by atoms with Gasteiger partial charge >= 0.3 is 0 Å². The summed E-state index contributed by atoms with van der Waals surface area (Å²) in [7, 11) is 0. The summed E-state index contributed by atoms with van der Waals surface area (Å²) >= 11 is 3.46. The summed E-state index contributed by atoms with van der Waals surface area (Å²) in [5, 5.41) is 0.734. The van der Waals surface area contributed by atoms with Crippen LogP contribution in [0.5, 0.6) is 0 Å². The third kappa shape index (κ3) is 3.15. The van der Waals surface area contributed by atoms with Crippen LogP contribution in [0.3, 0.4) is 0 Å². The molecule has 1 aromatic carbocycles. The fraction of sp³-hybridized carbons (Fsp3) is 0.562. The molecule has 0 spiro atoms. The summed E-state index contributed by atoms with van der Waals surface area (Å²) < 4.78 is 11.4. The molecule has 0 radical (unpaired) electrons. The summed E-state index contributed by atoms with van der Waals surface area (Å²) in [6, 6.07) is 5.88. The van der Waals surface area contributed by atoms with Crippen molar-refractivity contribution in [2.24, 2.45) is 0 Å². The van der Waals surface area contributed by atoms with Gasteiger partial charge in [-0.1, -0.05) is 22.0 Å². The first-order valence-electron chi connectivity index (χ1n) is 7.21. The van der Waals surface area contributed by atoms with E-state index >= 15 is 0 Å². The largest absolute Gasteiger partial charge is 0.372 e. The van der Waals surface area contributed by atoms with Crippen LogP contribution >= 0.6 is 15.9 Å². The number of halogens is 1. The fourth-order valence-electron chi connectivity index (χ4n) is 3.02. The Hall–Kier alpha value is -0.910. The van der Waals surface area contributed by atoms with E-state index in [0.717, 1.165) is 16.5 Å². The smallest absolute Gasteiger partial charge is 0.254 e. The van der Waals surface area contributed by atoms with Crippen LogP contribution in [0.15, 0.2) is 18.2 Å². The molecule has 1 fully saturated rings. The van der Waals surface area contributed by atoms with Crippen molar-refractivity contribution in [3.05, 3.63) is 34.9 Å². The second-order valence-electron chi connectivity index (χ2n) is 6.32. The van der Waals surface area contributed by atoms with E-state index in [9.17, 15) is 4.79 Å². The average Bonchev–Trinajstić information content (AvgIpc) is 2.92. The average molecular weight is 354 g/mol. The first-order valence-corrected chi connectivity index (χ1v) is 8.33. The topological polar surface area (TPSA) is 38.8 Å². The minimum absolute atomic E-state index is 0.0375. The number of nitrogens with zero attached hydrogens (tertiary/aromatic N) is 1. The van der Waals surface area contributed by atoms with Gasteiger partial charge in [0.15, 0.2) is 0 Å². The Bertz CT molecular complexity index is 558. The number of carbonyl (C=O) groups is 1. The lowest BCUT2D eigenvalue weighted by Crippen LogP contribution is -2.55. The molecule has 1 unspecified atom stereocenters. The predicted molar refractivity (Wildman–Crippen MR) is 83.6 cm³/mol. The number of hydrogen-bond donors (Lipinski definition) is 0. The zero-order chi connectivity index (χ0) is 15.0. The van der Waals surface area contributed by atoms with Gasteiger partial charge < -0.3 is 14.4 Å². The van der Waals surface area contributed by atoms with E-state index in [2.05, 4.69) is 15.9 Å². The van der Waals surface area contributed by atoms with Crippen LogP contribution in [0, 0.1) is 0 Å². The van der Waals surface area contributed by atoms with Crippen molar-refractivity contribution in [2.75, 3.05) is 18.4 Å². The quantitative estimate of drug-likeness (QED) is 0.767. The lowest BCUT2D eigenvalue weighted by atomic mass is 10.0. The first-order chi connectivity index (χ1) is 9.98.